The van der Waals surface area contributed by atoms with Crippen LogP contribution in [0.2, 0.25) is 0 Å². The molecule has 0 spiro atoms. The number of nitrogens with two attached hydrogens (primary N) is 1. The van der Waals surface area contributed by atoms with Gasteiger partial charge in [-0.3, -0.25) is 9.78 Å². The Hall–Kier alpha value is -1.91. The number of ether oxygens (including phenoxy) is 1. The number of methoxy groups -OCH3 is 1. The molecule has 5 heteroatoms. The molecule has 2 rings (SSSR count). The van der Waals surface area contributed by atoms with Crippen LogP contribution in [-0.4, -0.2) is 23.9 Å². The standard InChI is InChI=1S/C8H7ClO2.C7H10N2/c1-11-7-5-3-2-4-6(7)8(9)10;8-5-4-7-3-1-2-6-9-7/h2-5H,1H3;1-3,6H,4-5,8H2. The van der Waals surface area contributed by atoms with E-state index in [2.05, 4.69) is 4.98 Å². The first-order chi connectivity index (χ1) is 9.69. The Labute approximate surface area is 123 Å². The van der Waals surface area contributed by atoms with Gasteiger partial charge in [0.05, 0.1) is 12.7 Å². The molecule has 0 amide bonds. The smallest absolute Gasteiger partial charge is 0.256 e. The molecule has 0 radical (unpaired) electrons. The van der Waals surface area contributed by atoms with Crippen molar-refractivity contribution in [3.05, 3.63) is 59.9 Å². The van der Waals surface area contributed by atoms with E-state index in [9.17, 15) is 4.79 Å². The molecular weight excluding hydrogens is 276 g/mol. The average molecular weight is 293 g/mol. The normalized spacial score (nSPS) is 9.35. The molecule has 1 aromatic carbocycles. The van der Waals surface area contributed by atoms with Crippen molar-refractivity contribution in [2.45, 2.75) is 6.42 Å². The van der Waals surface area contributed by atoms with Crippen LogP contribution >= 0.6 is 11.6 Å². The Morgan fingerprint density at radius 1 is 1.25 bits per heavy atom. The fourth-order valence-corrected chi connectivity index (χ4v) is 1.66. The van der Waals surface area contributed by atoms with Crippen LogP contribution in [0.1, 0.15) is 16.1 Å². The Morgan fingerprint density at radius 3 is 2.45 bits per heavy atom. The van der Waals surface area contributed by atoms with Crippen LogP contribution in [0.5, 0.6) is 5.75 Å². The molecule has 4 nitrogen and oxygen atoms in total. The second-order valence-electron chi connectivity index (χ2n) is 3.83. The van der Waals surface area contributed by atoms with Gasteiger partial charge in [-0.15, -0.1) is 0 Å². The Balaban J connectivity index is 0.000000204. The number of aromatic nitrogens is 1. The van der Waals surface area contributed by atoms with Crippen LogP contribution in [0.4, 0.5) is 0 Å². The summed E-state index contributed by atoms with van der Waals surface area (Å²) in [6.45, 7) is 0.678. The molecule has 0 atom stereocenters. The predicted molar refractivity (Wildman–Crippen MR) is 80.2 cm³/mol. The minimum atomic E-state index is -0.498. The predicted octanol–water partition coefficient (Wildman–Crippen LogP) is 2.66. The summed E-state index contributed by atoms with van der Waals surface area (Å²) in [5, 5.41) is -0.498. The summed E-state index contributed by atoms with van der Waals surface area (Å²) in [6.07, 6.45) is 2.66. The largest absolute Gasteiger partial charge is 0.496 e. The highest BCUT2D eigenvalue weighted by Crippen LogP contribution is 2.18. The first-order valence-electron chi connectivity index (χ1n) is 6.12. The zero-order chi connectivity index (χ0) is 14.8. The number of nitrogens with zero attached hydrogens (tertiary/aromatic N) is 1. The quantitative estimate of drug-likeness (QED) is 0.880. The van der Waals surface area contributed by atoms with Gasteiger partial charge in [-0.1, -0.05) is 18.2 Å². The minimum Gasteiger partial charge on any atom is -0.496 e. The zero-order valence-corrected chi connectivity index (χ0v) is 12.0. The van der Waals surface area contributed by atoms with Crippen LogP contribution in [0.15, 0.2) is 48.7 Å². The summed E-state index contributed by atoms with van der Waals surface area (Å²) in [5.74, 6) is 0.507. The lowest BCUT2D eigenvalue weighted by molar-refractivity contribution is 0.107. The number of pyridine rings is 1. The second kappa shape index (κ2) is 9.07. The van der Waals surface area contributed by atoms with E-state index in [1.165, 1.54) is 7.11 Å². The van der Waals surface area contributed by atoms with Crippen molar-refractivity contribution in [3.8, 4) is 5.75 Å². The summed E-state index contributed by atoms with van der Waals surface area (Å²) in [7, 11) is 1.50. The number of halogens is 1. The highest BCUT2D eigenvalue weighted by molar-refractivity contribution is 6.68. The molecule has 1 aromatic heterocycles. The Kier molecular flexibility index (Phi) is 7.32. The van der Waals surface area contributed by atoms with Crippen molar-refractivity contribution in [1.29, 1.82) is 0 Å². The topological polar surface area (TPSA) is 65.2 Å². The molecule has 0 aliphatic rings. The molecule has 2 N–H and O–H groups in total. The lowest BCUT2D eigenvalue weighted by atomic mass is 10.2. The van der Waals surface area contributed by atoms with Gasteiger partial charge in [-0.2, -0.15) is 0 Å². The SMILES string of the molecule is COc1ccccc1C(=O)Cl.NCCc1ccccn1. The van der Waals surface area contributed by atoms with Gasteiger partial charge in [-0.05, 0) is 42.4 Å². The number of para-hydroxylation sites is 1. The average Bonchev–Trinajstić information content (AvgIpc) is 2.49. The lowest BCUT2D eigenvalue weighted by Gasteiger charge is -2.01. The highest BCUT2D eigenvalue weighted by atomic mass is 35.5. The number of benzene rings is 1. The van der Waals surface area contributed by atoms with Gasteiger partial charge in [0.1, 0.15) is 5.75 Å². The van der Waals surface area contributed by atoms with E-state index in [0.29, 0.717) is 17.9 Å². The van der Waals surface area contributed by atoms with Gasteiger partial charge in [0.15, 0.2) is 0 Å². The number of carbonyl (C=O) groups excluding carboxylic acids is 1. The number of rotatable bonds is 4. The van der Waals surface area contributed by atoms with E-state index < -0.39 is 5.24 Å². The van der Waals surface area contributed by atoms with Crippen LogP contribution < -0.4 is 10.5 Å². The first kappa shape index (κ1) is 16.1. The second-order valence-corrected chi connectivity index (χ2v) is 4.18. The molecule has 0 fully saturated rings. The van der Waals surface area contributed by atoms with Crippen molar-refractivity contribution in [2.24, 2.45) is 5.73 Å². The fraction of sp³-hybridized carbons (Fsp3) is 0.200. The van der Waals surface area contributed by atoms with Crippen molar-refractivity contribution in [1.82, 2.24) is 4.98 Å². The monoisotopic (exact) mass is 292 g/mol. The van der Waals surface area contributed by atoms with Crippen molar-refractivity contribution in [3.63, 3.8) is 0 Å². The summed E-state index contributed by atoms with van der Waals surface area (Å²) < 4.78 is 4.90. The van der Waals surface area contributed by atoms with E-state index in [4.69, 9.17) is 22.1 Å². The molecule has 0 unspecified atom stereocenters. The van der Waals surface area contributed by atoms with Gasteiger partial charge in [-0.25, -0.2) is 0 Å². The minimum absolute atomic E-state index is 0.400. The van der Waals surface area contributed by atoms with Crippen LogP contribution in [0.25, 0.3) is 0 Å². The van der Waals surface area contributed by atoms with Crippen molar-refractivity contribution >= 4 is 16.8 Å². The first-order valence-corrected chi connectivity index (χ1v) is 6.49. The van der Waals surface area contributed by atoms with Crippen molar-refractivity contribution in [2.75, 3.05) is 13.7 Å². The van der Waals surface area contributed by atoms with Crippen LogP contribution in [0.3, 0.4) is 0 Å². The van der Waals surface area contributed by atoms with Gasteiger partial charge >= 0.3 is 0 Å². The van der Waals surface area contributed by atoms with E-state index in [1.54, 1.807) is 30.5 Å². The summed E-state index contributed by atoms with van der Waals surface area (Å²) in [5.41, 5.74) is 6.79. The van der Waals surface area contributed by atoms with Crippen LogP contribution in [0, 0.1) is 0 Å². The molecule has 0 saturated heterocycles. The molecule has 0 aliphatic carbocycles. The summed E-state index contributed by atoms with van der Waals surface area (Å²) in [4.78, 5) is 14.8. The molecule has 20 heavy (non-hydrogen) atoms. The maximum atomic E-state index is 10.7. The van der Waals surface area contributed by atoms with Crippen molar-refractivity contribution < 1.29 is 9.53 Å². The Bertz CT molecular complexity index is 532. The molecule has 106 valence electrons. The third-order valence-corrected chi connectivity index (χ3v) is 2.65. The fourth-order valence-electron chi connectivity index (χ4n) is 1.50. The van der Waals surface area contributed by atoms with Gasteiger partial charge in [0, 0.05) is 18.3 Å². The highest BCUT2D eigenvalue weighted by Gasteiger charge is 2.06. The number of hydrogen-bond acceptors (Lipinski definition) is 4. The summed E-state index contributed by atoms with van der Waals surface area (Å²) >= 11 is 5.27. The van der Waals surface area contributed by atoms with E-state index in [0.717, 1.165) is 12.1 Å². The molecule has 2 aromatic rings. The Morgan fingerprint density at radius 2 is 1.95 bits per heavy atom. The maximum Gasteiger partial charge on any atom is 0.256 e. The van der Waals surface area contributed by atoms with Gasteiger partial charge in [0.2, 0.25) is 0 Å². The number of hydrogen-bond donors (Lipinski definition) is 1. The molecule has 0 bridgehead atoms. The number of carbonyl (C=O) groups is 1. The maximum absolute atomic E-state index is 10.7. The van der Waals surface area contributed by atoms with E-state index in [1.807, 2.05) is 18.2 Å². The zero-order valence-electron chi connectivity index (χ0n) is 11.3. The van der Waals surface area contributed by atoms with E-state index >= 15 is 0 Å². The third kappa shape index (κ3) is 5.38. The van der Waals surface area contributed by atoms with Crippen LogP contribution in [-0.2, 0) is 6.42 Å². The molecule has 0 aliphatic heterocycles. The molecular formula is C15H17ClN2O2. The van der Waals surface area contributed by atoms with E-state index in [-0.39, 0.29) is 0 Å². The van der Waals surface area contributed by atoms with Gasteiger partial charge in [0.25, 0.3) is 5.24 Å². The third-order valence-electron chi connectivity index (χ3n) is 2.45. The lowest BCUT2D eigenvalue weighted by Crippen LogP contribution is -2.03. The molecule has 0 saturated carbocycles. The molecule has 1 heterocycles. The summed E-state index contributed by atoms with van der Waals surface area (Å²) in [6, 6.07) is 12.7. The van der Waals surface area contributed by atoms with Gasteiger partial charge < -0.3 is 10.5 Å².